The molecule has 0 aliphatic carbocycles. The van der Waals surface area contributed by atoms with Crippen molar-refractivity contribution in [1.82, 2.24) is 14.8 Å². The quantitative estimate of drug-likeness (QED) is 0.636. The van der Waals surface area contributed by atoms with Crippen LogP contribution in [0.4, 0.5) is 13.2 Å². The number of nitrogens with zero attached hydrogens (tertiary/aromatic N) is 3. The zero-order chi connectivity index (χ0) is 18.3. The average molecular weight is 361 g/mol. The monoisotopic (exact) mass is 361 g/mol. The first-order chi connectivity index (χ1) is 12.4. The number of fused-ring (bicyclic) bond motifs is 1. The lowest BCUT2D eigenvalue weighted by atomic mass is 10.0. The normalized spacial score (nSPS) is 18.4. The van der Waals surface area contributed by atoms with E-state index in [0.717, 1.165) is 41.8 Å². The molecule has 26 heavy (non-hydrogen) atoms. The highest BCUT2D eigenvalue weighted by atomic mass is 19.4. The van der Waals surface area contributed by atoms with Gasteiger partial charge in [-0.2, -0.15) is 18.3 Å². The van der Waals surface area contributed by atoms with E-state index in [0.29, 0.717) is 12.2 Å². The highest BCUT2D eigenvalue weighted by Crippen LogP contribution is 2.37. The van der Waals surface area contributed by atoms with Crippen molar-refractivity contribution in [3.63, 3.8) is 0 Å². The van der Waals surface area contributed by atoms with Gasteiger partial charge in [0.1, 0.15) is 0 Å². The second-order valence-corrected chi connectivity index (χ2v) is 6.54. The van der Waals surface area contributed by atoms with Gasteiger partial charge in [0.25, 0.3) is 0 Å². The fourth-order valence-electron chi connectivity index (χ4n) is 3.54. The van der Waals surface area contributed by atoms with E-state index in [1.54, 1.807) is 18.3 Å². The maximum absolute atomic E-state index is 13.3. The van der Waals surface area contributed by atoms with Gasteiger partial charge in [0.15, 0.2) is 6.23 Å². The Morgan fingerprint density at radius 2 is 2.08 bits per heavy atom. The van der Waals surface area contributed by atoms with E-state index in [4.69, 9.17) is 4.74 Å². The van der Waals surface area contributed by atoms with Crippen molar-refractivity contribution in [3.05, 3.63) is 47.8 Å². The number of alkyl halides is 3. The topological polar surface area (TPSA) is 39.9 Å². The Bertz CT molecular complexity index is 943. The Morgan fingerprint density at radius 3 is 2.81 bits per heavy atom. The van der Waals surface area contributed by atoms with E-state index < -0.39 is 11.7 Å². The second kappa shape index (κ2) is 6.39. The smallest absolute Gasteiger partial charge is 0.356 e. The van der Waals surface area contributed by atoms with Crippen LogP contribution in [0.2, 0.25) is 0 Å². The molecule has 1 saturated heterocycles. The number of aryl methyl sites for hydroxylation is 1. The van der Waals surface area contributed by atoms with Gasteiger partial charge in [-0.1, -0.05) is 0 Å². The molecule has 1 aromatic carbocycles. The van der Waals surface area contributed by atoms with Crippen LogP contribution in [0, 0.1) is 6.92 Å². The lowest BCUT2D eigenvalue weighted by molar-refractivity contribution is -0.137. The van der Waals surface area contributed by atoms with Crippen molar-refractivity contribution in [1.29, 1.82) is 0 Å². The zero-order valence-corrected chi connectivity index (χ0v) is 14.3. The van der Waals surface area contributed by atoms with Gasteiger partial charge < -0.3 is 4.74 Å². The summed E-state index contributed by atoms with van der Waals surface area (Å²) in [7, 11) is 0. The van der Waals surface area contributed by atoms with Gasteiger partial charge in [-0.25, -0.2) is 4.68 Å². The van der Waals surface area contributed by atoms with Crippen LogP contribution < -0.4 is 0 Å². The molecule has 0 saturated carbocycles. The van der Waals surface area contributed by atoms with Crippen molar-refractivity contribution < 1.29 is 17.9 Å². The second-order valence-electron chi connectivity index (χ2n) is 6.54. The number of ether oxygens (including phenoxy) is 1. The number of aromatic nitrogens is 3. The van der Waals surface area contributed by atoms with Gasteiger partial charge in [0.2, 0.25) is 0 Å². The highest BCUT2D eigenvalue weighted by Gasteiger charge is 2.34. The minimum atomic E-state index is -4.45. The van der Waals surface area contributed by atoms with E-state index in [2.05, 4.69) is 10.1 Å². The van der Waals surface area contributed by atoms with Gasteiger partial charge in [-0.05, 0) is 56.0 Å². The molecule has 0 amide bonds. The Morgan fingerprint density at radius 1 is 1.23 bits per heavy atom. The number of pyridine rings is 1. The SMILES string of the molecule is Cc1cc(-c2ncccc2C(F)(F)F)cc2cnn(C3CCCCO3)c12. The molecule has 1 fully saturated rings. The molecule has 0 N–H and O–H groups in total. The lowest BCUT2D eigenvalue weighted by Gasteiger charge is -2.24. The predicted molar refractivity (Wildman–Crippen MR) is 91.5 cm³/mol. The minimum Gasteiger partial charge on any atom is -0.356 e. The summed E-state index contributed by atoms with van der Waals surface area (Å²) in [6.07, 6.45) is 1.49. The first kappa shape index (κ1) is 17.0. The number of halogens is 3. The van der Waals surface area contributed by atoms with Crippen molar-refractivity contribution in [2.75, 3.05) is 6.61 Å². The van der Waals surface area contributed by atoms with Crippen LogP contribution in [-0.2, 0) is 10.9 Å². The van der Waals surface area contributed by atoms with Gasteiger partial charge in [-0.15, -0.1) is 0 Å². The van der Waals surface area contributed by atoms with E-state index in [-0.39, 0.29) is 11.9 Å². The molecule has 1 unspecified atom stereocenters. The molecule has 3 heterocycles. The van der Waals surface area contributed by atoms with Gasteiger partial charge >= 0.3 is 6.18 Å². The Kier molecular flexibility index (Phi) is 4.19. The van der Waals surface area contributed by atoms with Crippen molar-refractivity contribution >= 4 is 10.9 Å². The Labute approximate surface area is 148 Å². The van der Waals surface area contributed by atoms with Crippen LogP contribution in [0.3, 0.4) is 0 Å². The maximum Gasteiger partial charge on any atom is 0.418 e. The lowest BCUT2D eigenvalue weighted by Crippen LogP contribution is -2.19. The third kappa shape index (κ3) is 2.96. The number of hydrogen-bond acceptors (Lipinski definition) is 3. The molecular weight excluding hydrogens is 343 g/mol. The molecule has 4 rings (SSSR count). The first-order valence-electron chi connectivity index (χ1n) is 8.57. The van der Waals surface area contributed by atoms with E-state index >= 15 is 0 Å². The molecule has 1 aliphatic heterocycles. The van der Waals surface area contributed by atoms with Crippen molar-refractivity contribution in [3.8, 4) is 11.3 Å². The molecule has 1 atom stereocenters. The van der Waals surface area contributed by atoms with Crippen LogP contribution >= 0.6 is 0 Å². The number of hydrogen-bond donors (Lipinski definition) is 0. The average Bonchev–Trinajstić information content (AvgIpc) is 3.06. The Hall–Kier alpha value is -2.41. The standard InChI is InChI=1S/C19H18F3N3O/c1-12-9-13(17-15(19(20,21)22)5-4-7-23-17)10-14-11-24-25(18(12)14)16-6-2-3-8-26-16/h4-5,7,9-11,16H,2-3,6,8H2,1H3. The molecule has 3 aromatic rings. The first-order valence-corrected chi connectivity index (χ1v) is 8.57. The summed E-state index contributed by atoms with van der Waals surface area (Å²) in [5.74, 6) is 0. The Balaban J connectivity index is 1.83. The summed E-state index contributed by atoms with van der Waals surface area (Å²) in [4.78, 5) is 3.99. The van der Waals surface area contributed by atoms with Crippen LogP contribution in [0.25, 0.3) is 22.2 Å². The molecule has 1 aliphatic rings. The van der Waals surface area contributed by atoms with E-state index in [1.807, 2.05) is 11.6 Å². The molecule has 0 spiro atoms. The number of rotatable bonds is 2. The molecule has 2 aromatic heterocycles. The van der Waals surface area contributed by atoms with Gasteiger partial charge in [0, 0.05) is 23.8 Å². The molecule has 0 bridgehead atoms. The largest absolute Gasteiger partial charge is 0.418 e. The van der Waals surface area contributed by atoms with Crippen molar-refractivity contribution in [2.24, 2.45) is 0 Å². The molecule has 7 heteroatoms. The molecular formula is C19H18F3N3O. The molecule has 4 nitrogen and oxygen atoms in total. The van der Waals surface area contributed by atoms with Crippen LogP contribution in [-0.4, -0.2) is 21.4 Å². The zero-order valence-electron chi connectivity index (χ0n) is 14.3. The third-order valence-corrected chi connectivity index (χ3v) is 4.70. The van der Waals surface area contributed by atoms with Crippen LogP contribution in [0.5, 0.6) is 0 Å². The van der Waals surface area contributed by atoms with Gasteiger partial charge in [0.05, 0.1) is 23.0 Å². The summed E-state index contributed by atoms with van der Waals surface area (Å²) >= 11 is 0. The summed E-state index contributed by atoms with van der Waals surface area (Å²) in [6.45, 7) is 2.58. The van der Waals surface area contributed by atoms with Gasteiger partial charge in [-0.3, -0.25) is 4.98 Å². The molecule has 0 radical (unpaired) electrons. The van der Waals surface area contributed by atoms with E-state index in [1.165, 1.54) is 12.3 Å². The predicted octanol–water partition coefficient (Wildman–Crippen LogP) is 5.12. The summed E-state index contributed by atoms with van der Waals surface area (Å²) in [5, 5.41) is 5.22. The fraction of sp³-hybridized carbons (Fsp3) is 0.368. The van der Waals surface area contributed by atoms with Crippen LogP contribution in [0.1, 0.15) is 36.6 Å². The minimum absolute atomic E-state index is 0.0633. The summed E-state index contributed by atoms with van der Waals surface area (Å²) < 4.78 is 47.6. The fourth-order valence-corrected chi connectivity index (χ4v) is 3.54. The summed E-state index contributed by atoms with van der Waals surface area (Å²) in [6, 6.07) is 5.81. The summed E-state index contributed by atoms with van der Waals surface area (Å²) in [5.41, 5.74) is 1.38. The van der Waals surface area contributed by atoms with Crippen molar-refractivity contribution in [2.45, 2.75) is 38.6 Å². The van der Waals surface area contributed by atoms with E-state index in [9.17, 15) is 13.2 Å². The number of benzene rings is 1. The van der Waals surface area contributed by atoms with Crippen LogP contribution in [0.15, 0.2) is 36.7 Å². The highest BCUT2D eigenvalue weighted by molar-refractivity contribution is 5.87. The third-order valence-electron chi connectivity index (χ3n) is 4.70. The maximum atomic E-state index is 13.3. The molecule has 136 valence electrons.